The molecule has 0 saturated carbocycles. The Morgan fingerprint density at radius 3 is 2.86 bits per heavy atom. The van der Waals surface area contributed by atoms with Crippen molar-refractivity contribution in [3.63, 3.8) is 0 Å². The van der Waals surface area contributed by atoms with Crippen LogP contribution in [0.25, 0.3) is 0 Å². The fourth-order valence-electron chi connectivity index (χ4n) is 2.52. The second-order valence-corrected chi connectivity index (χ2v) is 6.52. The molecule has 1 aromatic rings. The van der Waals surface area contributed by atoms with Gasteiger partial charge in [0.15, 0.2) is 0 Å². The number of amides is 1. The Kier molecular flexibility index (Phi) is 5.69. The summed E-state index contributed by atoms with van der Waals surface area (Å²) in [5, 5.41) is 5.73. The molecule has 6 nitrogen and oxygen atoms in total. The fourth-order valence-corrected chi connectivity index (χ4v) is 3.32. The van der Waals surface area contributed by atoms with Crippen LogP contribution in [0.1, 0.15) is 28.3 Å². The Bertz CT molecular complexity index is 469. The number of carbonyl (C=O) groups excluding carboxylic acids is 1. The van der Waals surface area contributed by atoms with Crippen LogP contribution >= 0.6 is 11.3 Å². The molecule has 1 aliphatic rings. The Balaban J connectivity index is 1.95. The van der Waals surface area contributed by atoms with Crippen LogP contribution in [0.5, 0.6) is 0 Å². The minimum absolute atomic E-state index is 0.0238. The lowest BCUT2D eigenvalue weighted by molar-refractivity contribution is -0.00659. The standard InChI is InChI=1S/C14H24N4O2S/c1-18(2)14(4-7-20-8-5-14)10-16-13(19)11-9-21-12(17-11)3-6-15/h9H,3-8,10,15H2,1-2H3,(H,16,19). The van der Waals surface area contributed by atoms with Gasteiger partial charge in [-0.3, -0.25) is 4.79 Å². The van der Waals surface area contributed by atoms with Gasteiger partial charge >= 0.3 is 0 Å². The third-order valence-electron chi connectivity index (χ3n) is 4.09. The molecule has 3 N–H and O–H groups in total. The zero-order valence-electron chi connectivity index (χ0n) is 12.7. The highest BCUT2D eigenvalue weighted by molar-refractivity contribution is 7.09. The number of nitrogens with one attached hydrogen (secondary N) is 1. The van der Waals surface area contributed by atoms with E-state index in [-0.39, 0.29) is 11.4 Å². The number of carbonyl (C=O) groups is 1. The first-order valence-corrected chi connectivity index (χ1v) is 8.13. The number of aromatic nitrogens is 1. The van der Waals surface area contributed by atoms with Gasteiger partial charge in [0.05, 0.1) is 5.01 Å². The lowest BCUT2D eigenvalue weighted by Gasteiger charge is -2.42. The molecule has 1 saturated heterocycles. The Labute approximate surface area is 129 Å². The zero-order valence-corrected chi connectivity index (χ0v) is 13.5. The van der Waals surface area contributed by atoms with E-state index in [1.807, 2.05) is 0 Å². The number of likely N-dealkylation sites (N-methyl/N-ethyl adjacent to an activating group) is 1. The van der Waals surface area contributed by atoms with E-state index in [0.717, 1.165) is 37.5 Å². The third-order valence-corrected chi connectivity index (χ3v) is 5.00. The van der Waals surface area contributed by atoms with Gasteiger partial charge in [0.2, 0.25) is 0 Å². The van der Waals surface area contributed by atoms with Crippen molar-refractivity contribution in [1.29, 1.82) is 0 Å². The summed E-state index contributed by atoms with van der Waals surface area (Å²) < 4.78 is 5.43. The molecule has 7 heteroatoms. The number of rotatable bonds is 6. The first-order chi connectivity index (χ1) is 10.1. The summed E-state index contributed by atoms with van der Waals surface area (Å²) in [6, 6.07) is 0. The molecule has 1 aliphatic heterocycles. The van der Waals surface area contributed by atoms with E-state index in [1.165, 1.54) is 11.3 Å². The van der Waals surface area contributed by atoms with Crippen LogP contribution in [0.3, 0.4) is 0 Å². The number of ether oxygens (including phenoxy) is 1. The highest BCUT2D eigenvalue weighted by atomic mass is 32.1. The molecule has 2 heterocycles. The second-order valence-electron chi connectivity index (χ2n) is 5.58. The number of nitrogens with two attached hydrogens (primary N) is 1. The van der Waals surface area contributed by atoms with Gasteiger partial charge in [-0.2, -0.15) is 0 Å². The van der Waals surface area contributed by atoms with Crippen molar-refractivity contribution < 1.29 is 9.53 Å². The predicted molar refractivity (Wildman–Crippen MR) is 83.7 cm³/mol. The van der Waals surface area contributed by atoms with Crippen LogP contribution in [0.2, 0.25) is 0 Å². The van der Waals surface area contributed by atoms with Crippen molar-refractivity contribution in [3.8, 4) is 0 Å². The molecule has 1 amide bonds. The molecule has 2 rings (SSSR count). The summed E-state index contributed by atoms with van der Waals surface area (Å²) in [5.41, 5.74) is 5.97. The number of thiazole rings is 1. The molecular weight excluding hydrogens is 288 g/mol. The molecule has 0 spiro atoms. The molecule has 0 bridgehead atoms. The van der Waals surface area contributed by atoms with Gasteiger partial charge in [-0.1, -0.05) is 0 Å². The predicted octanol–water partition coefficient (Wildman–Crippen LogP) is 0.485. The molecule has 1 fully saturated rings. The zero-order chi connectivity index (χ0) is 15.3. The van der Waals surface area contributed by atoms with E-state index in [2.05, 4.69) is 29.3 Å². The third kappa shape index (κ3) is 4.00. The largest absolute Gasteiger partial charge is 0.381 e. The van der Waals surface area contributed by atoms with Gasteiger partial charge in [0.25, 0.3) is 5.91 Å². The Hall–Kier alpha value is -1.02. The number of hydrogen-bond donors (Lipinski definition) is 2. The van der Waals surface area contributed by atoms with E-state index in [0.29, 0.717) is 18.8 Å². The molecule has 0 unspecified atom stereocenters. The second kappa shape index (κ2) is 7.31. The first-order valence-electron chi connectivity index (χ1n) is 7.25. The van der Waals surface area contributed by atoms with Gasteiger partial charge in [-0.05, 0) is 33.5 Å². The maximum absolute atomic E-state index is 12.2. The number of hydrogen-bond acceptors (Lipinski definition) is 6. The van der Waals surface area contributed by atoms with Crippen LogP contribution in [-0.4, -0.2) is 61.7 Å². The Morgan fingerprint density at radius 1 is 1.52 bits per heavy atom. The van der Waals surface area contributed by atoms with Crippen molar-refractivity contribution in [2.75, 3.05) is 40.4 Å². The average Bonchev–Trinajstić information content (AvgIpc) is 2.95. The highest BCUT2D eigenvalue weighted by Gasteiger charge is 2.35. The maximum Gasteiger partial charge on any atom is 0.270 e. The molecule has 0 aromatic carbocycles. The van der Waals surface area contributed by atoms with Gasteiger partial charge in [-0.15, -0.1) is 11.3 Å². The summed E-state index contributed by atoms with van der Waals surface area (Å²) in [6.45, 7) is 2.65. The molecule has 118 valence electrons. The smallest absolute Gasteiger partial charge is 0.270 e. The average molecular weight is 312 g/mol. The quantitative estimate of drug-likeness (QED) is 0.799. The summed E-state index contributed by atoms with van der Waals surface area (Å²) in [7, 11) is 4.11. The molecule has 0 aliphatic carbocycles. The molecule has 1 aromatic heterocycles. The van der Waals surface area contributed by atoms with Crippen molar-refractivity contribution in [3.05, 3.63) is 16.1 Å². The van der Waals surface area contributed by atoms with Gasteiger partial charge in [0, 0.05) is 37.1 Å². The topological polar surface area (TPSA) is 80.5 Å². The summed E-state index contributed by atoms with van der Waals surface area (Å²) in [4.78, 5) is 18.7. The normalized spacial score (nSPS) is 17.9. The molecule has 21 heavy (non-hydrogen) atoms. The van der Waals surface area contributed by atoms with Crippen molar-refractivity contribution in [1.82, 2.24) is 15.2 Å². The lowest BCUT2D eigenvalue weighted by atomic mass is 9.88. The van der Waals surface area contributed by atoms with E-state index in [4.69, 9.17) is 10.5 Å². The van der Waals surface area contributed by atoms with Crippen LogP contribution in [0, 0.1) is 0 Å². The van der Waals surface area contributed by atoms with E-state index in [1.54, 1.807) is 5.38 Å². The van der Waals surface area contributed by atoms with Crippen LogP contribution in [-0.2, 0) is 11.2 Å². The van der Waals surface area contributed by atoms with E-state index in [9.17, 15) is 4.79 Å². The summed E-state index contributed by atoms with van der Waals surface area (Å²) >= 11 is 1.49. The van der Waals surface area contributed by atoms with Gasteiger partial charge in [0.1, 0.15) is 5.69 Å². The first kappa shape index (κ1) is 16.4. The van der Waals surface area contributed by atoms with Crippen molar-refractivity contribution in [2.45, 2.75) is 24.8 Å². The minimum Gasteiger partial charge on any atom is -0.381 e. The molecular formula is C14H24N4O2S. The van der Waals surface area contributed by atoms with Crippen molar-refractivity contribution >= 4 is 17.2 Å². The fraction of sp³-hybridized carbons (Fsp3) is 0.714. The molecule has 0 atom stereocenters. The maximum atomic E-state index is 12.2. The van der Waals surface area contributed by atoms with Crippen LogP contribution in [0.4, 0.5) is 0 Å². The summed E-state index contributed by atoms with van der Waals surface area (Å²) in [6.07, 6.45) is 2.57. The molecule has 0 radical (unpaired) electrons. The Morgan fingerprint density at radius 2 is 2.24 bits per heavy atom. The summed E-state index contributed by atoms with van der Waals surface area (Å²) in [5.74, 6) is -0.109. The SMILES string of the molecule is CN(C)C1(CNC(=O)c2csc(CCN)n2)CCOCC1. The van der Waals surface area contributed by atoms with Gasteiger partial charge in [-0.25, -0.2) is 4.98 Å². The lowest BCUT2D eigenvalue weighted by Crippen LogP contribution is -2.55. The minimum atomic E-state index is -0.109. The number of nitrogens with zero attached hydrogens (tertiary/aromatic N) is 2. The van der Waals surface area contributed by atoms with Crippen LogP contribution in [0.15, 0.2) is 5.38 Å². The monoisotopic (exact) mass is 312 g/mol. The van der Waals surface area contributed by atoms with Gasteiger partial charge < -0.3 is 20.7 Å². The highest BCUT2D eigenvalue weighted by Crippen LogP contribution is 2.25. The van der Waals surface area contributed by atoms with E-state index < -0.39 is 0 Å². The van der Waals surface area contributed by atoms with E-state index >= 15 is 0 Å². The van der Waals surface area contributed by atoms with Crippen molar-refractivity contribution in [2.24, 2.45) is 5.73 Å². The van der Waals surface area contributed by atoms with Crippen LogP contribution < -0.4 is 11.1 Å².